The number of hydrogen-bond acceptors (Lipinski definition) is 5. The van der Waals surface area contributed by atoms with E-state index in [1.54, 1.807) is 31.2 Å². The molecule has 0 spiro atoms. The minimum atomic E-state index is -2.95. The van der Waals surface area contributed by atoms with E-state index in [0.29, 0.717) is 18.0 Å². The number of rotatable bonds is 15. The van der Waals surface area contributed by atoms with E-state index in [1.807, 2.05) is 32.9 Å². The first kappa shape index (κ1) is 31.0. The number of amides is 2. The van der Waals surface area contributed by atoms with Crippen molar-refractivity contribution in [1.82, 2.24) is 4.90 Å². The number of carboxylic acid groups (broad SMARTS) is 1. The lowest BCUT2D eigenvalue weighted by Gasteiger charge is -2.25. The van der Waals surface area contributed by atoms with Crippen LogP contribution in [-0.4, -0.2) is 73.6 Å². The van der Waals surface area contributed by atoms with Gasteiger partial charge in [-0.25, -0.2) is 18.4 Å². The number of halogens is 2. The second kappa shape index (κ2) is 14.6. The first-order valence-electron chi connectivity index (χ1n) is 12.5. The first-order chi connectivity index (χ1) is 17.9. The summed E-state index contributed by atoms with van der Waals surface area (Å²) in [4.78, 5) is 25.8. The van der Waals surface area contributed by atoms with Gasteiger partial charge in [0, 0.05) is 32.2 Å². The summed E-state index contributed by atoms with van der Waals surface area (Å²) in [6, 6.07) is 10.5. The van der Waals surface area contributed by atoms with Gasteiger partial charge in [0.15, 0.2) is 6.10 Å². The van der Waals surface area contributed by atoms with Crippen molar-refractivity contribution in [3.63, 3.8) is 0 Å². The number of aryl methyl sites for hydroxylation is 3. The van der Waals surface area contributed by atoms with Crippen molar-refractivity contribution in [3.05, 3.63) is 58.7 Å². The molecule has 2 aromatic rings. The third kappa shape index (κ3) is 10.6. The number of carbonyl (C=O) groups excluding carboxylic acids is 1. The Kier molecular flexibility index (Phi) is 11.9. The Bertz CT molecular complexity index is 1030. The van der Waals surface area contributed by atoms with E-state index >= 15 is 0 Å². The predicted octanol–water partition coefficient (Wildman–Crippen LogP) is 5.23. The van der Waals surface area contributed by atoms with Gasteiger partial charge in [-0.1, -0.05) is 29.8 Å². The molecule has 0 saturated heterocycles. The maximum absolute atomic E-state index is 13.1. The Morgan fingerprint density at radius 2 is 1.66 bits per heavy atom. The molecular formula is C28H38F2N2O6. The maximum Gasteiger partial charge on any atom is 0.333 e. The van der Waals surface area contributed by atoms with Crippen LogP contribution < -0.4 is 10.1 Å². The highest BCUT2D eigenvalue weighted by atomic mass is 19.3. The minimum absolute atomic E-state index is 0.0536. The average Bonchev–Trinajstić information content (AvgIpc) is 2.82. The van der Waals surface area contributed by atoms with E-state index in [9.17, 15) is 23.5 Å². The molecule has 2 N–H and O–H groups in total. The number of benzene rings is 2. The van der Waals surface area contributed by atoms with Crippen LogP contribution in [0.25, 0.3) is 0 Å². The molecule has 0 aromatic heterocycles. The highest BCUT2D eigenvalue weighted by Gasteiger charge is 2.22. The highest BCUT2D eigenvalue weighted by Crippen LogP contribution is 2.22. The first-order valence-corrected chi connectivity index (χ1v) is 12.5. The third-order valence-electron chi connectivity index (χ3n) is 5.67. The zero-order valence-electron chi connectivity index (χ0n) is 22.7. The summed E-state index contributed by atoms with van der Waals surface area (Å²) < 4.78 is 42.3. The molecule has 0 aliphatic rings. The fraction of sp³-hybridized carbons (Fsp3) is 0.500. The van der Waals surface area contributed by atoms with Gasteiger partial charge in [0.2, 0.25) is 0 Å². The van der Waals surface area contributed by atoms with Gasteiger partial charge in [0.05, 0.1) is 13.2 Å². The number of carboxylic acids is 1. The topological polar surface area (TPSA) is 97.3 Å². The molecule has 1 unspecified atom stereocenters. The summed E-state index contributed by atoms with van der Waals surface area (Å²) >= 11 is 0. The van der Waals surface area contributed by atoms with E-state index in [1.165, 1.54) is 4.90 Å². The van der Waals surface area contributed by atoms with Crippen LogP contribution in [0, 0.1) is 20.8 Å². The molecule has 10 heteroatoms. The number of nitrogens with zero attached hydrogens (tertiary/aromatic N) is 1. The quantitative estimate of drug-likeness (QED) is 0.303. The van der Waals surface area contributed by atoms with Gasteiger partial charge in [-0.05, 0) is 56.5 Å². The third-order valence-corrected chi connectivity index (χ3v) is 5.67. The van der Waals surface area contributed by atoms with Gasteiger partial charge in [-0.3, -0.25) is 0 Å². The molecule has 0 fully saturated rings. The smallest absolute Gasteiger partial charge is 0.333 e. The number of hydrogen-bond donors (Lipinski definition) is 2. The summed E-state index contributed by atoms with van der Waals surface area (Å²) in [5, 5.41) is 12.2. The number of carbonyl (C=O) groups is 2. The Balaban J connectivity index is 2.00. The summed E-state index contributed by atoms with van der Waals surface area (Å²) in [7, 11) is 0. The molecule has 210 valence electrons. The van der Waals surface area contributed by atoms with Crippen LogP contribution in [0.15, 0.2) is 36.4 Å². The van der Waals surface area contributed by atoms with Crippen LogP contribution >= 0.6 is 0 Å². The predicted molar refractivity (Wildman–Crippen MR) is 141 cm³/mol. The van der Waals surface area contributed by atoms with Crippen LogP contribution in [-0.2, 0) is 20.7 Å². The van der Waals surface area contributed by atoms with Crippen molar-refractivity contribution < 1.29 is 37.7 Å². The summed E-state index contributed by atoms with van der Waals surface area (Å²) in [5.74, 6) is -3.43. The normalized spacial score (nSPS) is 12.2. The number of aliphatic carboxylic acids is 1. The Hall–Kier alpha value is -3.24. The van der Waals surface area contributed by atoms with Crippen LogP contribution in [0.5, 0.6) is 5.75 Å². The van der Waals surface area contributed by atoms with E-state index in [0.717, 1.165) is 29.2 Å². The number of ether oxygens (including phenoxy) is 3. The second-order valence-electron chi connectivity index (χ2n) is 9.29. The largest absolute Gasteiger partial charge is 0.492 e. The monoisotopic (exact) mass is 536 g/mol. The lowest BCUT2D eigenvalue weighted by atomic mass is 10.1. The van der Waals surface area contributed by atoms with Crippen LogP contribution in [0.1, 0.15) is 36.1 Å². The van der Waals surface area contributed by atoms with Crippen molar-refractivity contribution in [3.8, 4) is 5.75 Å². The highest BCUT2D eigenvalue weighted by molar-refractivity contribution is 5.91. The summed E-state index contributed by atoms with van der Waals surface area (Å²) in [5.41, 5.74) is 4.41. The Labute approximate surface area is 222 Å². The van der Waals surface area contributed by atoms with E-state index in [4.69, 9.17) is 14.2 Å². The number of alkyl halides is 2. The van der Waals surface area contributed by atoms with Gasteiger partial charge in [-0.15, -0.1) is 0 Å². The standard InChI is InChI=1S/C28H38F2N2O6/c1-6-37-24(26(33)34)17-22-7-9-23(10-8-22)38-14-12-32(11-13-36-18-28(5,29)30)27(35)31-25-20(3)15-19(2)16-21(25)4/h7-10,15-16,24H,6,11-14,17-18H2,1-5H3,(H,31,35)(H,33,34). The molecule has 2 aromatic carbocycles. The molecule has 1 atom stereocenters. The molecule has 0 aliphatic heterocycles. The molecule has 0 saturated carbocycles. The Morgan fingerprint density at radius 1 is 1.05 bits per heavy atom. The molecule has 0 bridgehead atoms. The van der Waals surface area contributed by atoms with E-state index < -0.39 is 24.6 Å². The SMILES string of the molecule is CCOC(Cc1ccc(OCCN(CCOCC(C)(F)F)C(=O)Nc2c(C)cc(C)cc2C)cc1)C(=O)O. The summed E-state index contributed by atoms with van der Waals surface area (Å²) in [6.45, 7) is 8.27. The molecular weight excluding hydrogens is 498 g/mol. The fourth-order valence-corrected chi connectivity index (χ4v) is 3.93. The minimum Gasteiger partial charge on any atom is -0.492 e. The van der Waals surface area contributed by atoms with Crippen molar-refractivity contribution in [2.75, 3.05) is 44.8 Å². The fourth-order valence-electron chi connectivity index (χ4n) is 3.93. The second-order valence-corrected chi connectivity index (χ2v) is 9.29. The summed E-state index contributed by atoms with van der Waals surface area (Å²) in [6.07, 6.45) is -0.694. The average molecular weight is 537 g/mol. The van der Waals surface area contributed by atoms with Gasteiger partial charge in [-0.2, -0.15) is 0 Å². The zero-order valence-corrected chi connectivity index (χ0v) is 22.7. The molecule has 2 amide bonds. The lowest BCUT2D eigenvalue weighted by Crippen LogP contribution is -2.40. The Morgan fingerprint density at radius 3 is 2.21 bits per heavy atom. The van der Waals surface area contributed by atoms with E-state index in [2.05, 4.69) is 5.32 Å². The zero-order chi connectivity index (χ0) is 28.3. The number of nitrogens with one attached hydrogen (secondary N) is 1. The molecule has 8 nitrogen and oxygen atoms in total. The maximum atomic E-state index is 13.1. The van der Waals surface area contributed by atoms with Gasteiger partial charge < -0.3 is 29.5 Å². The van der Waals surface area contributed by atoms with Gasteiger partial charge >= 0.3 is 12.0 Å². The van der Waals surface area contributed by atoms with Crippen LogP contribution in [0.4, 0.5) is 19.3 Å². The number of urea groups is 1. The molecule has 0 radical (unpaired) electrons. The van der Waals surface area contributed by atoms with Gasteiger partial charge in [0.25, 0.3) is 5.92 Å². The van der Waals surface area contributed by atoms with Crippen molar-refractivity contribution in [2.24, 2.45) is 0 Å². The molecule has 0 heterocycles. The number of anilines is 1. The van der Waals surface area contributed by atoms with E-state index in [-0.39, 0.29) is 38.8 Å². The molecule has 38 heavy (non-hydrogen) atoms. The molecule has 2 rings (SSSR count). The van der Waals surface area contributed by atoms with Crippen LogP contribution in [0.2, 0.25) is 0 Å². The van der Waals surface area contributed by atoms with Gasteiger partial charge in [0.1, 0.15) is 19.0 Å². The molecule has 0 aliphatic carbocycles. The van der Waals surface area contributed by atoms with Crippen molar-refractivity contribution in [2.45, 2.75) is 53.1 Å². The van der Waals surface area contributed by atoms with Crippen molar-refractivity contribution in [1.29, 1.82) is 0 Å². The lowest BCUT2D eigenvalue weighted by molar-refractivity contribution is -0.149. The van der Waals surface area contributed by atoms with Crippen molar-refractivity contribution >= 4 is 17.7 Å². The van der Waals surface area contributed by atoms with Crippen LogP contribution in [0.3, 0.4) is 0 Å².